The Labute approximate surface area is 162 Å². The molecule has 0 fully saturated rings. The van der Waals surface area contributed by atoms with Crippen molar-refractivity contribution in [3.63, 3.8) is 0 Å². The zero-order chi connectivity index (χ0) is 19.1. The fraction of sp³-hybridized carbons (Fsp3) is 0.167. The molecule has 0 atom stereocenters. The van der Waals surface area contributed by atoms with Crippen LogP contribution in [0, 0.1) is 6.92 Å². The first kappa shape index (κ1) is 17.3. The van der Waals surface area contributed by atoms with Crippen molar-refractivity contribution in [1.29, 1.82) is 0 Å². The van der Waals surface area contributed by atoms with E-state index in [1.807, 2.05) is 26.1 Å². The first-order valence-corrected chi connectivity index (χ1v) is 8.95. The van der Waals surface area contributed by atoms with Crippen LogP contribution in [-0.4, -0.2) is 30.2 Å². The average Bonchev–Trinajstić information content (AvgIpc) is 2.91. The first-order valence-electron chi connectivity index (χ1n) is 8.16. The van der Waals surface area contributed by atoms with Gasteiger partial charge in [-0.2, -0.15) is 5.10 Å². The molecule has 0 spiro atoms. The summed E-state index contributed by atoms with van der Waals surface area (Å²) in [5.74, 6) is -0.337. The van der Waals surface area contributed by atoms with Crippen molar-refractivity contribution in [2.45, 2.75) is 13.5 Å². The molecular weight excluding hydrogens is 412 g/mol. The lowest BCUT2D eigenvalue weighted by atomic mass is 10.2. The Morgan fingerprint density at radius 3 is 2.85 bits per heavy atom. The second kappa shape index (κ2) is 6.58. The molecule has 0 saturated heterocycles. The van der Waals surface area contributed by atoms with Crippen LogP contribution in [0.25, 0.3) is 21.9 Å². The summed E-state index contributed by atoms with van der Waals surface area (Å²) in [6, 6.07) is 7.08. The number of amides is 1. The summed E-state index contributed by atoms with van der Waals surface area (Å²) >= 11 is 3.34. The molecule has 9 heteroatoms. The van der Waals surface area contributed by atoms with E-state index in [1.54, 1.807) is 23.0 Å². The van der Waals surface area contributed by atoms with Crippen LogP contribution in [0.5, 0.6) is 0 Å². The van der Waals surface area contributed by atoms with Gasteiger partial charge in [-0.3, -0.25) is 18.8 Å². The highest BCUT2D eigenvalue weighted by Crippen LogP contribution is 2.19. The predicted octanol–water partition coefficient (Wildman–Crippen LogP) is 2.39. The molecule has 0 aliphatic heterocycles. The van der Waals surface area contributed by atoms with Crippen molar-refractivity contribution in [3.05, 3.63) is 57.3 Å². The number of hydrogen-bond donors (Lipinski definition) is 1. The molecule has 0 aliphatic rings. The molecule has 3 heterocycles. The monoisotopic (exact) mass is 426 g/mol. The molecule has 4 rings (SSSR count). The van der Waals surface area contributed by atoms with E-state index in [0.29, 0.717) is 16.6 Å². The maximum Gasteiger partial charge on any atom is 0.261 e. The van der Waals surface area contributed by atoms with Crippen LogP contribution in [0.15, 0.2) is 46.1 Å². The number of rotatable bonds is 3. The Balaban J connectivity index is 1.59. The summed E-state index contributed by atoms with van der Waals surface area (Å²) in [4.78, 5) is 33.6. The second-order valence-corrected chi connectivity index (χ2v) is 7.11. The Hall–Kier alpha value is -3.07. The van der Waals surface area contributed by atoms with Gasteiger partial charge in [0.25, 0.3) is 5.56 Å². The highest BCUT2D eigenvalue weighted by Gasteiger charge is 2.11. The van der Waals surface area contributed by atoms with Crippen LogP contribution in [-0.2, 0) is 18.4 Å². The molecule has 27 heavy (non-hydrogen) atoms. The predicted molar refractivity (Wildman–Crippen MR) is 106 cm³/mol. The number of carbonyl (C=O) groups is 1. The quantitative estimate of drug-likeness (QED) is 0.542. The Kier molecular flexibility index (Phi) is 4.23. The van der Waals surface area contributed by atoms with Crippen molar-refractivity contribution in [1.82, 2.24) is 24.3 Å². The third kappa shape index (κ3) is 3.21. The van der Waals surface area contributed by atoms with Gasteiger partial charge in [0.1, 0.15) is 6.54 Å². The molecule has 0 bridgehead atoms. The minimum atomic E-state index is -0.337. The third-order valence-corrected chi connectivity index (χ3v) is 4.74. The molecule has 4 aromatic rings. The van der Waals surface area contributed by atoms with Gasteiger partial charge in [-0.25, -0.2) is 9.97 Å². The molecule has 8 nitrogen and oxygen atoms in total. The number of aryl methyl sites for hydroxylation is 2. The number of halogens is 1. The summed E-state index contributed by atoms with van der Waals surface area (Å²) in [6.07, 6.45) is 2.95. The third-order valence-electron chi connectivity index (χ3n) is 4.25. The second-order valence-electron chi connectivity index (χ2n) is 6.19. The Morgan fingerprint density at radius 2 is 2.04 bits per heavy atom. The first-order chi connectivity index (χ1) is 12.9. The summed E-state index contributed by atoms with van der Waals surface area (Å²) in [7, 11) is 1.82. The topological polar surface area (TPSA) is 94.7 Å². The highest BCUT2D eigenvalue weighted by molar-refractivity contribution is 9.10. The summed E-state index contributed by atoms with van der Waals surface area (Å²) in [5.41, 5.74) is 2.44. The van der Waals surface area contributed by atoms with E-state index in [9.17, 15) is 9.59 Å². The van der Waals surface area contributed by atoms with E-state index in [1.165, 1.54) is 10.9 Å². The van der Waals surface area contributed by atoms with Gasteiger partial charge < -0.3 is 5.32 Å². The van der Waals surface area contributed by atoms with E-state index in [4.69, 9.17) is 0 Å². The van der Waals surface area contributed by atoms with E-state index in [0.717, 1.165) is 21.2 Å². The summed E-state index contributed by atoms with van der Waals surface area (Å²) in [5, 5.41) is 8.40. The molecule has 1 amide bonds. The van der Waals surface area contributed by atoms with Gasteiger partial charge >= 0.3 is 0 Å². The van der Waals surface area contributed by atoms with Crippen molar-refractivity contribution in [3.8, 4) is 0 Å². The minimum absolute atomic E-state index is 0.141. The minimum Gasteiger partial charge on any atom is -0.323 e. The molecule has 1 aromatic carbocycles. The van der Waals surface area contributed by atoms with Crippen molar-refractivity contribution >= 4 is 49.5 Å². The summed E-state index contributed by atoms with van der Waals surface area (Å²) < 4.78 is 3.75. The van der Waals surface area contributed by atoms with Crippen LogP contribution in [0.3, 0.4) is 0 Å². The summed E-state index contributed by atoms with van der Waals surface area (Å²) in [6.45, 7) is 1.74. The molecule has 0 saturated carbocycles. The van der Waals surface area contributed by atoms with Crippen LogP contribution in [0.2, 0.25) is 0 Å². The number of carbonyl (C=O) groups excluding carboxylic acids is 1. The SMILES string of the molecule is Cc1nn(C)c2ncc(NC(=O)Cn3cnc4ccc(Br)cc4c3=O)cc12. The van der Waals surface area contributed by atoms with Gasteiger partial charge in [0, 0.05) is 16.9 Å². The van der Waals surface area contributed by atoms with Gasteiger partial charge in [-0.1, -0.05) is 15.9 Å². The number of hydrogen-bond acceptors (Lipinski definition) is 5. The number of pyridine rings is 1. The van der Waals surface area contributed by atoms with Crippen molar-refractivity contribution in [2.24, 2.45) is 7.05 Å². The lowest BCUT2D eigenvalue weighted by Crippen LogP contribution is -2.28. The molecule has 0 aliphatic carbocycles. The van der Waals surface area contributed by atoms with E-state index in [-0.39, 0.29) is 18.0 Å². The number of nitrogens with zero attached hydrogens (tertiary/aromatic N) is 5. The fourth-order valence-electron chi connectivity index (χ4n) is 2.98. The maximum absolute atomic E-state index is 12.6. The average molecular weight is 427 g/mol. The Bertz CT molecular complexity index is 1260. The molecule has 0 unspecified atom stereocenters. The molecular formula is C18H15BrN6O2. The number of fused-ring (bicyclic) bond motifs is 2. The number of benzene rings is 1. The smallest absolute Gasteiger partial charge is 0.261 e. The van der Waals surface area contributed by atoms with Crippen LogP contribution in [0.4, 0.5) is 5.69 Å². The van der Waals surface area contributed by atoms with E-state index < -0.39 is 0 Å². The molecule has 136 valence electrons. The van der Waals surface area contributed by atoms with Gasteiger partial charge in [-0.05, 0) is 31.2 Å². The zero-order valence-electron chi connectivity index (χ0n) is 14.6. The number of aromatic nitrogens is 5. The van der Waals surface area contributed by atoms with E-state index in [2.05, 4.69) is 36.3 Å². The van der Waals surface area contributed by atoms with Gasteiger partial charge in [0.15, 0.2) is 5.65 Å². The maximum atomic E-state index is 12.6. The van der Waals surface area contributed by atoms with E-state index >= 15 is 0 Å². The lowest BCUT2D eigenvalue weighted by molar-refractivity contribution is -0.116. The highest BCUT2D eigenvalue weighted by atomic mass is 79.9. The molecule has 1 N–H and O–H groups in total. The fourth-order valence-corrected chi connectivity index (χ4v) is 3.34. The zero-order valence-corrected chi connectivity index (χ0v) is 16.2. The van der Waals surface area contributed by atoms with Crippen LogP contribution in [0.1, 0.15) is 5.69 Å². The number of nitrogens with one attached hydrogen (secondary N) is 1. The largest absolute Gasteiger partial charge is 0.323 e. The van der Waals surface area contributed by atoms with Crippen LogP contribution < -0.4 is 10.9 Å². The normalized spacial score (nSPS) is 11.2. The Morgan fingerprint density at radius 1 is 1.22 bits per heavy atom. The van der Waals surface area contributed by atoms with Crippen LogP contribution >= 0.6 is 15.9 Å². The van der Waals surface area contributed by atoms with Gasteiger partial charge in [0.05, 0.1) is 34.8 Å². The van der Waals surface area contributed by atoms with Crippen molar-refractivity contribution < 1.29 is 4.79 Å². The standard InChI is InChI=1S/C18H15BrN6O2/c1-10-13-6-12(7-20-17(13)24(2)23-10)22-16(26)8-25-9-21-15-4-3-11(19)5-14(15)18(25)27/h3-7,9H,8H2,1-2H3,(H,22,26). The van der Waals surface area contributed by atoms with Crippen molar-refractivity contribution in [2.75, 3.05) is 5.32 Å². The number of anilines is 1. The van der Waals surface area contributed by atoms with Gasteiger partial charge in [-0.15, -0.1) is 0 Å². The molecule has 0 radical (unpaired) electrons. The van der Waals surface area contributed by atoms with Gasteiger partial charge in [0.2, 0.25) is 5.91 Å². The lowest BCUT2D eigenvalue weighted by Gasteiger charge is -2.08. The molecule has 3 aromatic heterocycles.